The molecule has 32 heavy (non-hydrogen) atoms. The largest absolute Gasteiger partial charge is 0.319 e. The summed E-state index contributed by atoms with van der Waals surface area (Å²) in [7, 11) is 0. The van der Waals surface area contributed by atoms with Crippen molar-refractivity contribution in [2.24, 2.45) is 0 Å². The molecule has 0 aliphatic rings. The standard InChI is InChI=1S/C24H21FN4O2S/c25-19-11-5-4-10-18(19)23(31)28-27-22(30)16-32-24-26-20-12-6-7-13-21(20)29(24)15-14-17-8-2-1-3-9-17/h1-13H,14-16H2,(H,27,30)(H,28,31). The Hall–Kier alpha value is -3.65. The summed E-state index contributed by atoms with van der Waals surface area (Å²) in [6.07, 6.45) is 0.833. The molecular weight excluding hydrogens is 427 g/mol. The Morgan fingerprint density at radius 1 is 0.906 bits per heavy atom. The Balaban J connectivity index is 1.39. The lowest BCUT2D eigenvalue weighted by atomic mass is 10.1. The lowest BCUT2D eigenvalue weighted by Gasteiger charge is -2.10. The molecule has 6 nitrogen and oxygen atoms in total. The number of carbonyl (C=O) groups is 2. The fourth-order valence-electron chi connectivity index (χ4n) is 3.27. The second-order valence-electron chi connectivity index (χ2n) is 7.04. The number of hydrogen-bond acceptors (Lipinski definition) is 4. The Morgan fingerprint density at radius 3 is 2.44 bits per heavy atom. The first-order valence-electron chi connectivity index (χ1n) is 10.1. The quantitative estimate of drug-likeness (QED) is 0.331. The molecule has 2 N–H and O–H groups in total. The van der Waals surface area contributed by atoms with Crippen LogP contribution in [0.25, 0.3) is 11.0 Å². The van der Waals surface area contributed by atoms with E-state index in [-0.39, 0.29) is 11.3 Å². The highest BCUT2D eigenvalue weighted by Gasteiger charge is 2.15. The molecule has 1 heterocycles. The van der Waals surface area contributed by atoms with Gasteiger partial charge < -0.3 is 4.57 Å². The maximum absolute atomic E-state index is 13.7. The molecule has 0 radical (unpaired) electrons. The van der Waals surface area contributed by atoms with Gasteiger partial charge in [-0.15, -0.1) is 0 Å². The van der Waals surface area contributed by atoms with E-state index in [1.807, 2.05) is 42.5 Å². The second-order valence-corrected chi connectivity index (χ2v) is 7.98. The fraction of sp³-hybridized carbons (Fsp3) is 0.125. The summed E-state index contributed by atoms with van der Waals surface area (Å²) in [5.74, 6) is -1.73. The van der Waals surface area contributed by atoms with Crippen LogP contribution in [0.15, 0.2) is 84.0 Å². The third-order valence-corrected chi connectivity index (χ3v) is 5.83. The van der Waals surface area contributed by atoms with Crippen molar-refractivity contribution in [3.05, 3.63) is 95.8 Å². The number of fused-ring (bicyclic) bond motifs is 1. The SMILES string of the molecule is O=C(CSc1nc2ccccc2n1CCc1ccccc1)NNC(=O)c1ccccc1F. The van der Waals surface area contributed by atoms with Crippen LogP contribution in [0.5, 0.6) is 0 Å². The number of aromatic nitrogens is 2. The van der Waals surface area contributed by atoms with Gasteiger partial charge >= 0.3 is 0 Å². The lowest BCUT2D eigenvalue weighted by molar-refractivity contribution is -0.119. The van der Waals surface area contributed by atoms with Crippen LogP contribution in [0.1, 0.15) is 15.9 Å². The van der Waals surface area contributed by atoms with Crippen molar-refractivity contribution >= 4 is 34.6 Å². The van der Waals surface area contributed by atoms with Crippen LogP contribution in [0, 0.1) is 5.82 Å². The Labute approximate surface area is 188 Å². The van der Waals surface area contributed by atoms with Gasteiger partial charge in [-0.05, 0) is 36.2 Å². The molecule has 1 aromatic heterocycles. The molecule has 162 valence electrons. The third kappa shape index (κ3) is 5.15. The van der Waals surface area contributed by atoms with E-state index in [9.17, 15) is 14.0 Å². The summed E-state index contributed by atoms with van der Waals surface area (Å²) in [5.41, 5.74) is 7.51. The van der Waals surface area contributed by atoms with Crippen LogP contribution in [0.3, 0.4) is 0 Å². The third-order valence-electron chi connectivity index (χ3n) is 4.85. The van der Waals surface area contributed by atoms with E-state index < -0.39 is 17.6 Å². The van der Waals surface area contributed by atoms with E-state index in [0.717, 1.165) is 29.2 Å². The van der Waals surface area contributed by atoms with E-state index in [1.165, 1.54) is 35.5 Å². The molecule has 0 unspecified atom stereocenters. The minimum atomic E-state index is -0.712. The van der Waals surface area contributed by atoms with Crippen LogP contribution in [0.2, 0.25) is 0 Å². The summed E-state index contributed by atoms with van der Waals surface area (Å²) in [4.78, 5) is 29.0. The Bertz CT molecular complexity index is 1240. The normalized spacial score (nSPS) is 10.8. The smallest absolute Gasteiger partial charge is 0.272 e. The van der Waals surface area contributed by atoms with Gasteiger partial charge in [0.15, 0.2) is 5.16 Å². The van der Waals surface area contributed by atoms with Gasteiger partial charge in [0.2, 0.25) is 5.91 Å². The summed E-state index contributed by atoms with van der Waals surface area (Å²) >= 11 is 1.28. The van der Waals surface area contributed by atoms with Gasteiger partial charge in [0.25, 0.3) is 5.91 Å². The molecule has 8 heteroatoms. The Morgan fingerprint density at radius 2 is 1.62 bits per heavy atom. The number of imidazole rings is 1. The van der Waals surface area contributed by atoms with Gasteiger partial charge in [-0.2, -0.15) is 0 Å². The molecule has 3 aromatic carbocycles. The maximum atomic E-state index is 13.7. The number of para-hydroxylation sites is 2. The maximum Gasteiger partial charge on any atom is 0.272 e. The van der Waals surface area contributed by atoms with Crippen molar-refractivity contribution in [1.82, 2.24) is 20.4 Å². The number of hydrogen-bond donors (Lipinski definition) is 2. The van der Waals surface area contributed by atoms with Crippen molar-refractivity contribution in [2.45, 2.75) is 18.1 Å². The molecule has 4 aromatic rings. The molecule has 0 atom stereocenters. The van der Waals surface area contributed by atoms with Gasteiger partial charge in [-0.25, -0.2) is 9.37 Å². The molecule has 0 bridgehead atoms. The highest BCUT2D eigenvalue weighted by Crippen LogP contribution is 2.24. The first-order chi connectivity index (χ1) is 15.6. The number of hydrazine groups is 1. The van der Waals surface area contributed by atoms with Gasteiger partial charge in [-0.1, -0.05) is 66.4 Å². The fourth-order valence-corrected chi connectivity index (χ4v) is 4.11. The predicted molar refractivity (Wildman–Crippen MR) is 123 cm³/mol. The van der Waals surface area contributed by atoms with Crippen molar-refractivity contribution in [3.8, 4) is 0 Å². The van der Waals surface area contributed by atoms with Crippen LogP contribution >= 0.6 is 11.8 Å². The van der Waals surface area contributed by atoms with Crippen molar-refractivity contribution < 1.29 is 14.0 Å². The first kappa shape index (κ1) is 21.6. The van der Waals surface area contributed by atoms with Gasteiger partial charge in [-0.3, -0.25) is 20.4 Å². The minimum Gasteiger partial charge on any atom is -0.319 e. The zero-order valence-corrected chi connectivity index (χ0v) is 17.9. The van der Waals surface area contributed by atoms with E-state index in [0.29, 0.717) is 0 Å². The Kier molecular flexibility index (Phi) is 6.81. The van der Waals surface area contributed by atoms with Crippen molar-refractivity contribution in [1.29, 1.82) is 0 Å². The monoisotopic (exact) mass is 448 g/mol. The molecule has 0 saturated heterocycles. The van der Waals surface area contributed by atoms with Crippen molar-refractivity contribution in [2.75, 3.05) is 5.75 Å². The highest BCUT2D eigenvalue weighted by atomic mass is 32.2. The number of aryl methyl sites for hydroxylation is 2. The summed E-state index contributed by atoms with van der Waals surface area (Å²) in [6, 6.07) is 23.6. The molecule has 0 fully saturated rings. The predicted octanol–water partition coefficient (Wildman–Crippen LogP) is 3.97. The van der Waals surface area contributed by atoms with Crippen LogP contribution in [-0.4, -0.2) is 27.1 Å². The first-order valence-corrected chi connectivity index (χ1v) is 11.1. The van der Waals surface area contributed by atoms with Gasteiger partial charge in [0.05, 0.1) is 22.3 Å². The highest BCUT2D eigenvalue weighted by molar-refractivity contribution is 7.99. The molecular formula is C24H21FN4O2S. The van der Waals surface area contributed by atoms with E-state index in [2.05, 4.69) is 32.5 Å². The summed E-state index contributed by atoms with van der Waals surface area (Å²) in [6.45, 7) is 0.721. The average Bonchev–Trinajstić information content (AvgIpc) is 3.18. The number of amides is 2. The second kappa shape index (κ2) is 10.1. The molecule has 4 rings (SSSR count). The van der Waals surface area contributed by atoms with Gasteiger partial charge in [0.1, 0.15) is 5.82 Å². The number of nitrogens with zero attached hydrogens (tertiary/aromatic N) is 2. The van der Waals surface area contributed by atoms with E-state index >= 15 is 0 Å². The number of thioether (sulfide) groups is 1. The lowest BCUT2D eigenvalue weighted by Crippen LogP contribution is -2.42. The number of rotatable bonds is 7. The number of benzene rings is 3. The number of carbonyl (C=O) groups excluding carboxylic acids is 2. The minimum absolute atomic E-state index is 0.0478. The van der Waals surface area contributed by atoms with Crippen LogP contribution < -0.4 is 10.9 Å². The van der Waals surface area contributed by atoms with Crippen LogP contribution in [0.4, 0.5) is 4.39 Å². The molecule has 0 aliphatic carbocycles. The zero-order chi connectivity index (χ0) is 22.3. The molecule has 0 saturated carbocycles. The molecule has 0 aliphatic heterocycles. The van der Waals surface area contributed by atoms with E-state index in [4.69, 9.17) is 0 Å². The van der Waals surface area contributed by atoms with Gasteiger partial charge in [0, 0.05) is 6.54 Å². The summed E-state index contributed by atoms with van der Waals surface area (Å²) in [5, 5.41) is 0.720. The van der Waals surface area contributed by atoms with Crippen LogP contribution in [-0.2, 0) is 17.8 Å². The molecule has 0 spiro atoms. The number of nitrogens with one attached hydrogen (secondary N) is 2. The number of halogens is 1. The van der Waals surface area contributed by atoms with Crippen molar-refractivity contribution in [3.63, 3.8) is 0 Å². The average molecular weight is 449 g/mol. The summed E-state index contributed by atoms with van der Waals surface area (Å²) < 4.78 is 15.8. The topological polar surface area (TPSA) is 76.0 Å². The molecule has 2 amide bonds. The van der Waals surface area contributed by atoms with E-state index in [1.54, 1.807) is 6.07 Å². The zero-order valence-electron chi connectivity index (χ0n) is 17.1.